The number of hydrogen-bond donors (Lipinski definition) is 3. The van der Waals surface area contributed by atoms with Gasteiger partial charge in [-0.2, -0.15) is 13.2 Å². The molecular formula is C18H20F3N3O5. The maximum atomic E-state index is 12.9. The standard InChI is InChI=1S/C18H20F3N3O5/c1-10-12(16(27)23-17(28)22-10)7-15(26)24(2)8-11(25)9-29-14-6-4-3-5-13(14)18(19,20)21/h3-6,11,25H,7-9H2,1-2H3,(H2,22,23,27,28). The average Bonchev–Trinajstić information content (AvgIpc) is 2.62. The molecule has 1 aromatic heterocycles. The summed E-state index contributed by atoms with van der Waals surface area (Å²) < 4.78 is 43.9. The Morgan fingerprint density at radius 1 is 1.24 bits per heavy atom. The van der Waals surface area contributed by atoms with Crippen LogP contribution in [0.2, 0.25) is 0 Å². The van der Waals surface area contributed by atoms with Gasteiger partial charge in [-0.25, -0.2) is 4.79 Å². The quantitative estimate of drug-likeness (QED) is 0.620. The molecule has 0 bridgehead atoms. The molecule has 1 amide bonds. The molecule has 0 aliphatic carbocycles. The molecule has 0 aliphatic rings. The zero-order valence-corrected chi connectivity index (χ0v) is 15.7. The van der Waals surface area contributed by atoms with Gasteiger partial charge in [0, 0.05) is 24.8 Å². The number of likely N-dealkylation sites (N-methyl/N-ethyl adjacent to an activating group) is 1. The largest absolute Gasteiger partial charge is 0.490 e. The normalized spacial score (nSPS) is 12.5. The molecule has 8 nitrogen and oxygen atoms in total. The number of carbonyl (C=O) groups is 1. The number of ether oxygens (including phenoxy) is 1. The number of para-hydroxylation sites is 1. The molecule has 1 atom stereocenters. The van der Waals surface area contributed by atoms with Gasteiger partial charge in [-0.15, -0.1) is 0 Å². The van der Waals surface area contributed by atoms with Crippen molar-refractivity contribution in [2.45, 2.75) is 25.6 Å². The van der Waals surface area contributed by atoms with E-state index in [-0.39, 0.29) is 24.2 Å². The first kappa shape index (κ1) is 22.2. The van der Waals surface area contributed by atoms with Gasteiger partial charge in [-0.1, -0.05) is 12.1 Å². The number of aromatic nitrogens is 2. The van der Waals surface area contributed by atoms with Gasteiger partial charge in [0.25, 0.3) is 5.56 Å². The number of aliphatic hydroxyl groups is 1. The Balaban J connectivity index is 1.96. The highest BCUT2D eigenvalue weighted by Gasteiger charge is 2.34. The third-order valence-electron chi connectivity index (χ3n) is 4.12. The van der Waals surface area contributed by atoms with E-state index in [0.29, 0.717) is 0 Å². The van der Waals surface area contributed by atoms with Crippen molar-refractivity contribution >= 4 is 5.91 Å². The molecule has 0 saturated carbocycles. The SMILES string of the molecule is Cc1[nH]c(=O)[nH]c(=O)c1CC(=O)N(C)CC(O)COc1ccccc1C(F)(F)F. The summed E-state index contributed by atoms with van der Waals surface area (Å²) in [6.45, 7) is 0.774. The van der Waals surface area contributed by atoms with Gasteiger partial charge in [0.15, 0.2) is 0 Å². The predicted molar refractivity (Wildman–Crippen MR) is 96.7 cm³/mol. The van der Waals surface area contributed by atoms with Crippen LogP contribution in [0.5, 0.6) is 5.75 Å². The van der Waals surface area contributed by atoms with E-state index < -0.39 is 47.4 Å². The summed E-state index contributed by atoms with van der Waals surface area (Å²) in [6, 6.07) is 4.59. The first-order valence-corrected chi connectivity index (χ1v) is 8.52. The van der Waals surface area contributed by atoms with Crippen molar-refractivity contribution in [1.82, 2.24) is 14.9 Å². The average molecular weight is 415 g/mol. The number of aryl methyl sites for hydroxylation is 1. The Bertz CT molecular complexity index is 984. The molecule has 2 rings (SSSR count). The molecule has 1 aromatic carbocycles. The molecule has 0 radical (unpaired) electrons. The second-order valence-corrected chi connectivity index (χ2v) is 6.42. The van der Waals surface area contributed by atoms with Gasteiger partial charge in [0.1, 0.15) is 18.5 Å². The Morgan fingerprint density at radius 3 is 2.52 bits per heavy atom. The van der Waals surface area contributed by atoms with E-state index >= 15 is 0 Å². The molecule has 0 fully saturated rings. The number of rotatable bonds is 7. The predicted octanol–water partition coefficient (Wildman–Crippen LogP) is 0.831. The van der Waals surface area contributed by atoms with Gasteiger partial charge in [-0.3, -0.25) is 14.6 Å². The first-order chi connectivity index (χ1) is 13.5. The number of halogens is 3. The van der Waals surface area contributed by atoms with Crippen molar-refractivity contribution in [1.29, 1.82) is 0 Å². The maximum Gasteiger partial charge on any atom is 0.419 e. The van der Waals surface area contributed by atoms with Crippen LogP contribution in [0, 0.1) is 6.92 Å². The van der Waals surface area contributed by atoms with Crippen molar-refractivity contribution in [2.24, 2.45) is 0 Å². The first-order valence-electron chi connectivity index (χ1n) is 8.52. The van der Waals surface area contributed by atoms with E-state index in [4.69, 9.17) is 4.74 Å². The highest BCUT2D eigenvalue weighted by atomic mass is 19.4. The van der Waals surface area contributed by atoms with Gasteiger partial charge >= 0.3 is 11.9 Å². The lowest BCUT2D eigenvalue weighted by molar-refractivity contribution is -0.139. The molecule has 158 valence electrons. The maximum absolute atomic E-state index is 12.9. The number of hydrogen-bond acceptors (Lipinski definition) is 5. The highest BCUT2D eigenvalue weighted by molar-refractivity contribution is 5.78. The number of alkyl halides is 3. The van der Waals surface area contributed by atoms with Gasteiger partial charge in [0.05, 0.1) is 12.0 Å². The number of aliphatic hydroxyl groups excluding tert-OH is 1. The van der Waals surface area contributed by atoms with E-state index in [1.807, 2.05) is 4.98 Å². The molecule has 29 heavy (non-hydrogen) atoms. The number of H-pyrrole nitrogens is 2. The fourth-order valence-corrected chi connectivity index (χ4v) is 2.61. The van der Waals surface area contributed by atoms with Crippen molar-refractivity contribution in [2.75, 3.05) is 20.2 Å². The smallest absolute Gasteiger partial charge is 0.419 e. The summed E-state index contributed by atoms with van der Waals surface area (Å²) in [5, 5.41) is 10.0. The Hall–Kier alpha value is -3.08. The number of nitrogens with one attached hydrogen (secondary N) is 2. The fraction of sp³-hybridized carbons (Fsp3) is 0.389. The number of aromatic amines is 2. The van der Waals surface area contributed by atoms with Crippen LogP contribution in [-0.4, -0.2) is 52.2 Å². The van der Waals surface area contributed by atoms with Crippen molar-refractivity contribution in [3.8, 4) is 5.75 Å². The zero-order chi connectivity index (χ0) is 21.8. The molecular weight excluding hydrogens is 395 g/mol. The summed E-state index contributed by atoms with van der Waals surface area (Å²) in [5.74, 6) is -0.955. The molecule has 0 spiro atoms. The molecule has 3 N–H and O–H groups in total. The Morgan fingerprint density at radius 2 is 1.90 bits per heavy atom. The van der Waals surface area contributed by atoms with Crippen LogP contribution < -0.4 is 16.0 Å². The minimum absolute atomic E-state index is 0.0753. The van der Waals surface area contributed by atoms with Crippen LogP contribution in [-0.2, 0) is 17.4 Å². The molecule has 1 unspecified atom stereocenters. The molecule has 1 heterocycles. The van der Waals surface area contributed by atoms with Crippen LogP contribution in [0.25, 0.3) is 0 Å². The summed E-state index contributed by atoms with van der Waals surface area (Å²) in [7, 11) is 1.37. The third-order valence-corrected chi connectivity index (χ3v) is 4.12. The monoisotopic (exact) mass is 415 g/mol. The van der Waals surface area contributed by atoms with E-state index in [1.165, 1.54) is 26.1 Å². The lowest BCUT2D eigenvalue weighted by atomic mass is 10.1. The lowest BCUT2D eigenvalue weighted by Crippen LogP contribution is -2.39. The molecule has 0 aliphatic heterocycles. The van der Waals surface area contributed by atoms with Crippen LogP contribution in [0.15, 0.2) is 33.9 Å². The third kappa shape index (κ3) is 5.95. The highest BCUT2D eigenvalue weighted by Crippen LogP contribution is 2.35. The topological polar surface area (TPSA) is 115 Å². The Kier molecular flexibility index (Phi) is 6.85. The van der Waals surface area contributed by atoms with Gasteiger partial charge in [0.2, 0.25) is 5.91 Å². The van der Waals surface area contributed by atoms with Crippen LogP contribution in [0.4, 0.5) is 13.2 Å². The second kappa shape index (κ2) is 8.95. The van der Waals surface area contributed by atoms with Crippen LogP contribution in [0.3, 0.4) is 0 Å². The van der Waals surface area contributed by atoms with Crippen molar-refractivity contribution in [3.63, 3.8) is 0 Å². The van der Waals surface area contributed by atoms with E-state index in [9.17, 15) is 32.7 Å². The summed E-state index contributed by atoms with van der Waals surface area (Å²) in [6.07, 6.45) is -6.19. The zero-order valence-electron chi connectivity index (χ0n) is 15.7. The number of nitrogens with zero attached hydrogens (tertiary/aromatic N) is 1. The number of benzene rings is 1. The molecule has 2 aromatic rings. The van der Waals surface area contributed by atoms with E-state index in [1.54, 1.807) is 0 Å². The van der Waals surface area contributed by atoms with E-state index in [0.717, 1.165) is 17.0 Å². The van der Waals surface area contributed by atoms with Gasteiger partial charge in [-0.05, 0) is 19.1 Å². The Labute approximate surface area is 162 Å². The van der Waals surface area contributed by atoms with Crippen molar-refractivity contribution in [3.05, 3.63) is 61.9 Å². The van der Waals surface area contributed by atoms with Crippen LogP contribution in [0.1, 0.15) is 16.8 Å². The number of carbonyl (C=O) groups excluding carboxylic acids is 1. The van der Waals surface area contributed by atoms with Crippen LogP contribution >= 0.6 is 0 Å². The minimum atomic E-state index is -4.60. The minimum Gasteiger partial charge on any atom is -0.490 e. The van der Waals surface area contributed by atoms with E-state index in [2.05, 4.69) is 4.98 Å². The van der Waals surface area contributed by atoms with Gasteiger partial charge < -0.3 is 19.7 Å². The summed E-state index contributed by atoms with van der Waals surface area (Å²) >= 11 is 0. The fourth-order valence-electron chi connectivity index (χ4n) is 2.61. The van der Waals surface area contributed by atoms with Crippen molar-refractivity contribution < 1.29 is 27.8 Å². The summed E-state index contributed by atoms with van der Waals surface area (Å²) in [4.78, 5) is 40.8. The molecule has 11 heteroatoms. The summed E-state index contributed by atoms with van der Waals surface area (Å²) in [5.41, 5.74) is -2.03. The molecule has 0 saturated heterocycles. The second-order valence-electron chi connectivity index (χ2n) is 6.42. The lowest BCUT2D eigenvalue weighted by Gasteiger charge is -2.22. The number of amides is 1.